The van der Waals surface area contributed by atoms with E-state index in [4.69, 9.17) is 0 Å². The molecule has 3 rings (SSSR count). The molecular weight excluding hydrogens is 566 g/mol. The molecule has 0 aliphatic heterocycles. The first-order valence-electron chi connectivity index (χ1n) is 13.0. The number of hydrogen-bond acceptors (Lipinski definition) is 6. The maximum atomic E-state index is 13.6. The minimum atomic E-state index is -4.91. The van der Waals surface area contributed by atoms with Crippen molar-refractivity contribution in [2.75, 3.05) is 13.6 Å². The zero-order valence-corrected chi connectivity index (χ0v) is 23.3. The summed E-state index contributed by atoms with van der Waals surface area (Å²) < 4.78 is 81.0. The third kappa shape index (κ3) is 7.53. The molecule has 8 nitrogen and oxygen atoms in total. The zero-order chi connectivity index (χ0) is 31.2. The smallest absolute Gasteiger partial charge is 0.381 e. The monoisotopic (exact) mass is 596 g/mol. The Morgan fingerprint density at radius 1 is 1.10 bits per heavy atom. The second-order valence-corrected chi connectivity index (χ2v) is 9.49. The highest BCUT2D eigenvalue weighted by Crippen LogP contribution is 2.31. The Morgan fingerprint density at radius 3 is 2.33 bits per heavy atom. The van der Waals surface area contributed by atoms with E-state index in [2.05, 4.69) is 20.3 Å². The van der Waals surface area contributed by atoms with Gasteiger partial charge in [0.25, 0.3) is 11.5 Å². The number of aryl methyl sites for hydroxylation is 2. The summed E-state index contributed by atoms with van der Waals surface area (Å²) >= 11 is 0. The fourth-order valence-corrected chi connectivity index (χ4v) is 4.34. The van der Waals surface area contributed by atoms with Gasteiger partial charge >= 0.3 is 12.4 Å². The molecule has 2 N–H and O–H groups in total. The summed E-state index contributed by atoms with van der Waals surface area (Å²) in [6.45, 7) is 5.53. The van der Waals surface area contributed by atoms with Crippen LogP contribution in [0.3, 0.4) is 0 Å². The summed E-state index contributed by atoms with van der Waals surface area (Å²) in [6, 6.07) is 4.36. The molecule has 0 bridgehead atoms. The average molecular weight is 597 g/mol. The number of nitrogens with zero attached hydrogens (tertiary/aromatic N) is 4. The van der Waals surface area contributed by atoms with E-state index in [9.17, 15) is 35.9 Å². The molecule has 3 aromatic rings. The van der Waals surface area contributed by atoms with E-state index in [0.29, 0.717) is 47.1 Å². The number of allylic oxidation sites excluding steroid dienone is 1. The molecule has 0 fully saturated rings. The first-order chi connectivity index (χ1) is 19.7. The lowest BCUT2D eigenvalue weighted by Crippen LogP contribution is -2.36. The number of aliphatic imine (C=N–C) groups is 1. The van der Waals surface area contributed by atoms with E-state index in [0.717, 1.165) is 13.3 Å². The molecule has 0 saturated carbocycles. The summed E-state index contributed by atoms with van der Waals surface area (Å²) in [5, 5.41) is 5.72. The highest BCUT2D eigenvalue weighted by Gasteiger charge is 2.41. The Labute approximate surface area is 237 Å². The van der Waals surface area contributed by atoms with Crippen LogP contribution in [0.1, 0.15) is 37.8 Å². The maximum absolute atomic E-state index is 13.6. The molecule has 1 atom stereocenters. The van der Waals surface area contributed by atoms with Gasteiger partial charge in [-0.15, -0.1) is 0 Å². The summed E-state index contributed by atoms with van der Waals surface area (Å²) in [5.41, 5.74) is -1.98. The normalized spacial score (nSPS) is 13.8. The molecular formula is C28H30F6N6O2. The van der Waals surface area contributed by atoms with Crippen LogP contribution in [-0.2, 0) is 17.5 Å². The minimum Gasteiger partial charge on any atom is -0.381 e. The Kier molecular flexibility index (Phi) is 10.1. The summed E-state index contributed by atoms with van der Waals surface area (Å²) in [5.74, 6) is -1.19. The van der Waals surface area contributed by atoms with Gasteiger partial charge in [0.1, 0.15) is 5.57 Å². The van der Waals surface area contributed by atoms with Crippen LogP contribution in [0.4, 0.5) is 26.3 Å². The molecule has 0 spiro atoms. The van der Waals surface area contributed by atoms with Crippen molar-refractivity contribution in [2.45, 2.75) is 58.6 Å². The van der Waals surface area contributed by atoms with Crippen LogP contribution in [0.15, 0.2) is 57.8 Å². The van der Waals surface area contributed by atoms with Crippen LogP contribution in [0.25, 0.3) is 22.2 Å². The third-order valence-corrected chi connectivity index (χ3v) is 6.50. The number of carbonyl (C=O) groups excluding carboxylic acids is 1. The number of pyridine rings is 1. The quantitative estimate of drug-likeness (QED) is 0.191. The van der Waals surface area contributed by atoms with E-state index in [1.165, 1.54) is 4.57 Å². The number of nitrogens with one attached hydrogen (secondary N) is 2. The standard InChI is InChI=1S/C28H30F6N6O2/c1-5-36-15-22(23(25(41)35-4)28(32,33)34)39-16(2)7-6-11-40-12-10-19-17(3)20(8-9-21(19)26(40)42)24-37-13-18(14-38-24)27(29,30)31/h8-10,12-16,39H,5-7,11H2,1-4H3,(H,35,41)/b23-22-,36-15?/t16-/m0/s1. The van der Waals surface area contributed by atoms with Crippen molar-refractivity contribution in [2.24, 2.45) is 4.99 Å². The first kappa shape index (κ1) is 32.3. The lowest BCUT2D eigenvalue weighted by molar-refractivity contribution is -0.138. The number of likely N-dealkylation sites (N-methyl/N-ethyl adjacent to an activating group) is 1. The van der Waals surface area contributed by atoms with Crippen molar-refractivity contribution >= 4 is 22.9 Å². The van der Waals surface area contributed by atoms with Gasteiger partial charge in [0, 0.05) is 61.9 Å². The van der Waals surface area contributed by atoms with Gasteiger partial charge in [0.15, 0.2) is 5.82 Å². The van der Waals surface area contributed by atoms with E-state index in [-0.39, 0.29) is 24.5 Å². The number of carbonyl (C=O) groups is 1. The Balaban J connectivity index is 1.77. The van der Waals surface area contributed by atoms with Gasteiger partial charge in [-0.3, -0.25) is 14.6 Å². The van der Waals surface area contributed by atoms with Crippen molar-refractivity contribution in [3.05, 3.63) is 69.5 Å². The second kappa shape index (κ2) is 13.2. The molecule has 0 radical (unpaired) electrons. The Hall–Kier alpha value is -4.23. The van der Waals surface area contributed by atoms with Gasteiger partial charge in [0.2, 0.25) is 0 Å². The SMILES string of the molecule is CCN=C/C(N[C@@H](C)CCCn1ccc2c(C)c(-c3ncc(C(F)(F)F)cn3)ccc2c1=O)=C(\C(=O)NC)C(F)(F)F. The number of halogens is 6. The third-order valence-electron chi connectivity index (χ3n) is 6.50. The number of rotatable bonds is 10. The van der Waals surface area contributed by atoms with Crippen LogP contribution < -0.4 is 16.2 Å². The number of aromatic nitrogens is 3. The molecule has 14 heteroatoms. The Bertz CT molecular complexity index is 1540. The molecule has 2 heterocycles. The van der Waals surface area contributed by atoms with Gasteiger partial charge < -0.3 is 15.2 Å². The number of amides is 1. The highest BCUT2D eigenvalue weighted by molar-refractivity contribution is 6.00. The lowest BCUT2D eigenvalue weighted by Gasteiger charge is -2.20. The fourth-order valence-electron chi connectivity index (χ4n) is 4.34. The number of alkyl halides is 6. The molecule has 0 aliphatic carbocycles. The largest absolute Gasteiger partial charge is 0.423 e. The number of hydrogen-bond donors (Lipinski definition) is 2. The summed E-state index contributed by atoms with van der Waals surface area (Å²) in [6.07, 6.45) is -4.68. The molecule has 42 heavy (non-hydrogen) atoms. The fraction of sp³-hybridized carbons (Fsp3) is 0.393. The minimum absolute atomic E-state index is 0.0931. The maximum Gasteiger partial charge on any atom is 0.423 e. The van der Waals surface area contributed by atoms with Gasteiger partial charge in [-0.2, -0.15) is 26.3 Å². The predicted octanol–water partition coefficient (Wildman–Crippen LogP) is 5.20. The van der Waals surface area contributed by atoms with Gasteiger partial charge in [-0.25, -0.2) is 9.97 Å². The summed E-state index contributed by atoms with van der Waals surface area (Å²) in [4.78, 5) is 36.7. The molecule has 0 aliphatic rings. The van der Waals surface area contributed by atoms with Crippen LogP contribution in [0, 0.1) is 6.92 Å². The van der Waals surface area contributed by atoms with Gasteiger partial charge in [-0.1, -0.05) is 6.07 Å². The van der Waals surface area contributed by atoms with Crippen LogP contribution in [0.5, 0.6) is 0 Å². The zero-order valence-electron chi connectivity index (χ0n) is 23.3. The highest BCUT2D eigenvalue weighted by atomic mass is 19.4. The van der Waals surface area contributed by atoms with E-state index >= 15 is 0 Å². The average Bonchev–Trinajstić information content (AvgIpc) is 2.92. The molecule has 0 saturated heterocycles. The van der Waals surface area contributed by atoms with Crippen molar-refractivity contribution in [3.63, 3.8) is 0 Å². The number of fused-ring (bicyclic) bond motifs is 1. The topological polar surface area (TPSA) is 101 Å². The van der Waals surface area contributed by atoms with E-state index < -0.39 is 41.1 Å². The lowest BCUT2D eigenvalue weighted by atomic mass is 10.0. The van der Waals surface area contributed by atoms with Crippen molar-refractivity contribution in [1.82, 2.24) is 25.2 Å². The van der Waals surface area contributed by atoms with Crippen molar-refractivity contribution in [1.29, 1.82) is 0 Å². The van der Waals surface area contributed by atoms with E-state index in [1.807, 2.05) is 5.32 Å². The van der Waals surface area contributed by atoms with Crippen molar-refractivity contribution < 1.29 is 31.1 Å². The van der Waals surface area contributed by atoms with Crippen molar-refractivity contribution in [3.8, 4) is 11.4 Å². The second-order valence-electron chi connectivity index (χ2n) is 9.49. The first-order valence-corrected chi connectivity index (χ1v) is 13.0. The van der Waals surface area contributed by atoms with Crippen LogP contribution in [-0.4, -0.2) is 52.5 Å². The van der Waals surface area contributed by atoms with E-state index in [1.54, 1.807) is 45.2 Å². The molecule has 2 aromatic heterocycles. The molecule has 1 aromatic carbocycles. The van der Waals surface area contributed by atoms with Crippen LogP contribution in [0.2, 0.25) is 0 Å². The predicted molar refractivity (Wildman–Crippen MR) is 147 cm³/mol. The molecule has 226 valence electrons. The van der Waals surface area contributed by atoms with Gasteiger partial charge in [-0.05, 0) is 56.7 Å². The Morgan fingerprint density at radius 2 is 1.76 bits per heavy atom. The molecule has 1 amide bonds. The summed E-state index contributed by atoms with van der Waals surface area (Å²) in [7, 11) is 1.11. The van der Waals surface area contributed by atoms with Crippen LogP contribution >= 0.6 is 0 Å². The number of benzene rings is 1. The van der Waals surface area contributed by atoms with Gasteiger partial charge in [0.05, 0.1) is 11.3 Å². The molecule has 0 unspecified atom stereocenters.